The number of benzene rings is 1. The normalized spacial score (nSPS) is 10.7. The van der Waals surface area contributed by atoms with Crippen LogP contribution in [0.1, 0.15) is 5.56 Å². The summed E-state index contributed by atoms with van der Waals surface area (Å²) >= 11 is 0. The van der Waals surface area contributed by atoms with Gasteiger partial charge in [0.1, 0.15) is 5.82 Å². The lowest BCUT2D eigenvalue weighted by molar-refractivity contribution is -0.167. The average molecular weight is 232 g/mol. The summed E-state index contributed by atoms with van der Waals surface area (Å²) in [6.45, 7) is 0. The van der Waals surface area contributed by atoms with Gasteiger partial charge < -0.3 is 5.32 Å². The van der Waals surface area contributed by atoms with Gasteiger partial charge in [0.15, 0.2) is 0 Å². The standard InChI is InChI=1S/C9H4F4N2O/c10-6-3-5(4-14)1-2-7(6)15-8(16)9(11,12)13/h1-3H,(H,15,16). The Kier molecular flexibility index (Phi) is 3.13. The number of amides is 1. The summed E-state index contributed by atoms with van der Waals surface area (Å²) in [4.78, 5) is 10.5. The van der Waals surface area contributed by atoms with Gasteiger partial charge in [0.25, 0.3) is 0 Å². The Morgan fingerprint density at radius 2 is 2.00 bits per heavy atom. The van der Waals surface area contributed by atoms with Gasteiger partial charge >= 0.3 is 12.1 Å². The quantitative estimate of drug-likeness (QED) is 0.754. The predicted octanol–water partition coefficient (Wildman–Crippen LogP) is 2.20. The minimum Gasteiger partial charge on any atom is -0.316 e. The second-order valence-electron chi connectivity index (χ2n) is 2.76. The Morgan fingerprint density at radius 3 is 2.44 bits per heavy atom. The molecule has 0 saturated heterocycles. The van der Waals surface area contributed by atoms with E-state index in [2.05, 4.69) is 0 Å². The summed E-state index contributed by atoms with van der Waals surface area (Å²) < 4.78 is 48.5. The Hall–Kier alpha value is -2.10. The molecule has 0 aromatic heterocycles. The predicted molar refractivity (Wildman–Crippen MR) is 45.8 cm³/mol. The van der Waals surface area contributed by atoms with Gasteiger partial charge in [-0.05, 0) is 18.2 Å². The molecule has 1 aromatic carbocycles. The fraction of sp³-hybridized carbons (Fsp3) is 0.111. The number of rotatable bonds is 1. The van der Waals surface area contributed by atoms with Crippen LogP contribution in [0.25, 0.3) is 0 Å². The van der Waals surface area contributed by atoms with Crippen molar-refractivity contribution < 1.29 is 22.4 Å². The van der Waals surface area contributed by atoms with E-state index in [0.717, 1.165) is 18.2 Å². The summed E-state index contributed by atoms with van der Waals surface area (Å²) in [7, 11) is 0. The molecule has 0 fully saturated rings. The van der Waals surface area contributed by atoms with E-state index in [9.17, 15) is 22.4 Å². The van der Waals surface area contributed by atoms with Gasteiger partial charge in [-0.1, -0.05) is 0 Å². The topological polar surface area (TPSA) is 52.9 Å². The number of carbonyl (C=O) groups excluding carboxylic acids is 1. The molecule has 0 unspecified atom stereocenters. The molecule has 16 heavy (non-hydrogen) atoms. The van der Waals surface area contributed by atoms with Gasteiger partial charge in [0.2, 0.25) is 0 Å². The Bertz CT molecular complexity index is 462. The van der Waals surface area contributed by atoms with Crippen molar-refractivity contribution in [3.63, 3.8) is 0 Å². The molecular weight excluding hydrogens is 228 g/mol. The van der Waals surface area contributed by atoms with Crippen molar-refractivity contribution in [2.45, 2.75) is 6.18 Å². The number of nitrogens with zero attached hydrogens (tertiary/aromatic N) is 1. The zero-order chi connectivity index (χ0) is 12.3. The minimum absolute atomic E-state index is 0.0532. The summed E-state index contributed by atoms with van der Waals surface area (Å²) in [6.07, 6.45) is -5.08. The molecule has 7 heteroatoms. The number of halogens is 4. The largest absolute Gasteiger partial charge is 0.471 e. The maximum Gasteiger partial charge on any atom is 0.471 e. The molecule has 1 amide bonds. The van der Waals surface area contributed by atoms with Gasteiger partial charge in [-0.2, -0.15) is 18.4 Å². The molecule has 0 aliphatic rings. The molecule has 0 saturated carbocycles. The smallest absolute Gasteiger partial charge is 0.316 e. The van der Waals surface area contributed by atoms with E-state index in [1.807, 2.05) is 0 Å². The number of hydrogen-bond donors (Lipinski definition) is 1. The van der Waals surface area contributed by atoms with Crippen molar-refractivity contribution in [3.05, 3.63) is 29.6 Å². The summed E-state index contributed by atoms with van der Waals surface area (Å²) in [5.41, 5.74) is -0.677. The molecule has 84 valence electrons. The van der Waals surface area contributed by atoms with Gasteiger partial charge in [0, 0.05) is 0 Å². The summed E-state index contributed by atoms with van der Waals surface area (Å²) in [5, 5.41) is 9.73. The van der Waals surface area contributed by atoms with Crippen molar-refractivity contribution in [2.24, 2.45) is 0 Å². The first-order chi connectivity index (χ1) is 7.34. The van der Waals surface area contributed by atoms with E-state index in [1.165, 1.54) is 5.32 Å². The van der Waals surface area contributed by atoms with Gasteiger partial charge in [-0.15, -0.1) is 0 Å². The highest BCUT2D eigenvalue weighted by atomic mass is 19.4. The van der Waals surface area contributed by atoms with Crippen LogP contribution in [0.4, 0.5) is 23.2 Å². The van der Waals surface area contributed by atoms with E-state index in [4.69, 9.17) is 5.26 Å². The van der Waals surface area contributed by atoms with E-state index in [1.54, 1.807) is 6.07 Å². The minimum atomic E-state index is -5.08. The molecule has 0 radical (unpaired) electrons. The second kappa shape index (κ2) is 4.18. The number of hydrogen-bond acceptors (Lipinski definition) is 2. The molecule has 0 aliphatic heterocycles. The molecule has 0 spiro atoms. The van der Waals surface area contributed by atoms with Crippen molar-refractivity contribution in [1.82, 2.24) is 0 Å². The molecule has 0 aliphatic carbocycles. The first kappa shape index (κ1) is 12.0. The van der Waals surface area contributed by atoms with Crippen LogP contribution in [0, 0.1) is 17.1 Å². The number of nitrogens with one attached hydrogen (secondary N) is 1. The first-order valence-corrected chi connectivity index (χ1v) is 3.92. The van der Waals surface area contributed by atoms with Crippen LogP contribution in [0.2, 0.25) is 0 Å². The molecule has 1 N–H and O–H groups in total. The maximum absolute atomic E-state index is 13.1. The monoisotopic (exact) mass is 232 g/mol. The molecule has 0 bridgehead atoms. The molecule has 3 nitrogen and oxygen atoms in total. The highest BCUT2D eigenvalue weighted by molar-refractivity contribution is 5.95. The number of nitriles is 1. The van der Waals surface area contributed by atoms with Crippen molar-refractivity contribution in [1.29, 1.82) is 5.26 Å². The van der Waals surface area contributed by atoms with E-state index in [0.29, 0.717) is 0 Å². The Balaban J connectivity index is 2.92. The van der Waals surface area contributed by atoms with Gasteiger partial charge in [-0.25, -0.2) is 4.39 Å². The fourth-order valence-electron chi connectivity index (χ4n) is 0.879. The van der Waals surface area contributed by atoms with Gasteiger partial charge in [-0.3, -0.25) is 4.79 Å². The van der Waals surface area contributed by atoms with Crippen LogP contribution >= 0.6 is 0 Å². The highest BCUT2D eigenvalue weighted by Crippen LogP contribution is 2.20. The number of carbonyl (C=O) groups is 1. The molecule has 1 aromatic rings. The van der Waals surface area contributed by atoms with E-state index < -0.39 is 23.6 Å². The summed E-state index contributed by atoms with van der Waals surface area (Å²) in [5.74, 6) is -3.37. The fourth-order valence-corrected chi connectivity index (χ4v) is 0.879. The van der Waals surface area contributed by atoms with Crippen LogP contribution in [-0.4, -0.2) is 12.1 Å². The maximum atomic E-state index is 13.1. The van der Waals surface area contributed by atoms with Crippen molar-refractivity contribution in [3.8, 4) is 6.07 Å². The van der Waals surface area contributed by atoms with E-state index >= 15 is 0 Å². The average Bonchev–Trinajstić information content (AvgIpc) is 2.19. The van der Waals surface area contributed by atoms with Crippen LogP contribution in [0.5, 0.6) is 0 Å². The Morgan fingerprint density at radius 1 is 1.38 bits per heavy atom. The third kappa shape index (κ3) is 2.70. The Labute approximate surface area is 87.3 Å². The number of anilines is 1. The second-order valence-corrected chi connectivity index (χ2v) is 2.76. The zero-order valence-corrected chi connectivity index (χ0v) is 7.60. The van der Waals surface area contributed by atoms with Crippen LogP contribution in [-0.2, 0) is 4.79 Å². The lowest BCUT2D eigenvalue weighted by Gasteiger charge is -2.08. The van der Waals surface area contributed by atoms with E-state index in [-0.39, 0.29) is 5.56 Å². The van der Waals surface area contributed by atoms with Gasteiger partial charge in [0.05, 0.1) is 17.3 Å². The molecule has 0 heterocycles. The lowest BCUT2D eigenvalue weighted by atomic mass is 10.2. The SMILES string of the molecule is N#Cc1ccc(NC(=O)C(F)(F)F)c(F)c1. The van der Waals surface area contributed by atoms with Crippen LogP contribution in [0.15, 0.2) is 18.2 Å². The third-order valence-electron chi connectivity index (χ3n) is 1.60. The molecule has 1 rings (SSSR count). The van der Waals surface area contributed by atoms with Crippen LogP contribution in [0.3, 0.4) is 0 Å². The zero-order valence-electron chi connectivity index (χ0n) is 7.60. The highest BCUT2D eigenvalue weighted by Gasteiger charge is 2.39. The van der Waals surface area contributed by atoms with Crippen molar-refractivity contribution >= 4 is 11.6 Å². The first-order valence-electron chi connectivity index (χ1n) is 3.92. The lowest BCUT2D eigenvalue weighted by Crippen LogP contribution is -2.30. The number of alkyl halides is 3. The van der Waals surface area contributed by atoms with Crippen LogP contribution < -0.4 is 5.32 Å². The third-order valence-corrected chi connectivity index (χ3v) is 1.60. The summed E-state index contributed by atoms with van der Waals surface area (Å²) in [6, 6.07) is 4.31. The van der Waals surface area contributed by atoms with Crippen molar-refractivity contribution in [2.75, 3.05) is 5.32 Å². The molecular formula is C9H4F4N2O. The molecule has 0 atom stereocenters.